The van der Waals surface area contributed by atoms with Crippen LogP contribution in [-0.4, -0.2) is 125 Å². The normalized spacial score (nSPS) is 15.7. The molecule has 380 valence electrons. The fourth-order valence-electron chi connectivity index (χ4n) is 3.62. The van der Waals surface area contributed by atoms with Gasteiger partial charge in [-0.3, -0.25) is 0 Å². The molecule has 25 heteroatoms. The predicted molar refractivity (Wildman–Crippen MR) is 214 cm³/mol. The van der Waals surface area contributed by atoms with Gasteiger partial charge in [-0.25, -0.2) is 9.59 Å². The number of nitrogens with two attached hydrogens (primary N) is 1. The summed E-state index contributed by atoms with van der Waals surface area (Å²) in [6.07, 6.45) is 2.73. The van der Waals surface area contributed by atoms with Crippen molar-refractivity contribution >= 4 is 47.8 Å². The fourth-order valence-corrected chi connectivity index (χ4v) is 3.62. The first-order valence-electron chi connectivity index (χ1n) is 20.7. The van der Waals surface area contributed by atoms with Crippen LogP contribution in [0.5, 0.6) is 0 Å². The number of quaternary nitrogens is 8. The molecule has 0 saturated carbocycles. The third-order valence-corrected chi connectivity index (χ3v) is 8.48. The average molecular weight is 945 g/mol. The van der Waals surface area contributed by atoms with Gasteiger partial charge in [-0.15, -0.1) is 0 Å². The number of aliphatic hydroxyl groups excluding tert-OH is 1. The average Bonchev–Trinajstić information content (AvgIpc) is 3.77. The summed E-state index contributed by atoms with van der Waals surface area (Å²) in [6.45, 7) is 15.1. The maximum absolute atomic E-state index is 10.3. The quantitative estimate of drug-likeness (QED) is 0.0733. The number of carbonyl (C=O) groups excluding carboxylic acids is 6. The van der Waals surface area contributed by atoms with Crippen LogP contribution in [0.3, 0.4) is 0 Å². The minimum absolute atomic E-state index is 0.0278. The minimum Gasteiger partial charge on any atom is -0.544 e. The van der Waals surface area contributed by atoms with Crippen molar-refractivity contribution in [1.29, 1.82) is 0 Å². The molecule has 1 aromatic carbocycles. The van der Waals surface area contributed by atoms with Crippen LogP contribution in [-0.2, 0) is 44.8 Å². The molecule has 1 fully saturated rings. The maximum Gasteiger partial charge on any atom is 0.362 e. The first kappa shape index (κ1) is 71.3. The first-order chi connectivity index (χ1) is 29.7. The van der Waals surface area contributed by atoms with Gasteiger partial charge in [0.15, 0.2) is 18.6 Å². The Morgan fingerprint density at radius 3 is 1.23 bits per heavy atom. The van der Waals surface area contributed by atoms with Gasteiger partial charge in [0.1, 0.15) is 42.3 Å². The van der Waals surface area contributed by atoms with Gasteiger partial charge in [0, 0.05) is 37.5 Å². The highest BCUT2D eigenvalue weighted by atomic mass is 16.4. The summed E-state index contributed by atoms with van der Waals surface area (Å²) in [5.41, 5.74) is 24.1. The zero-order chi connectivity index (χ0) is 52.7. The fraction of sp³-hybridized carbons (Fsp3) is 0.650. The summed E-state index contributed by atoms with van der Waals surface area (Å²) in [5.74, 6) is -7.64. The Bertz CT molecular complexity index is 1420. The lowest BCUT2D eigenvalue weighted by Gasteiger charge is -2.14. The Morgan fingerprint density at radius 2 is 1.08 bits per heavy atom. The molecule has 1 saturated heterocycles. The van der Waals surface area contributed by atoms with Crippen molar-refractivity contribution in [3.05, 3.63) is 35.9 Å². The molecule has 1 aromatic rings. The number of carboxylic acid groups (broad SMARTS) is 8. The summed E-state index contributed by atoms with van der Waals surface area (Å²) >= 11 is 0. The standard InChI is InChI=1S/C9H11NO2.2C6H13NO2.C5H9NO2.C5H11NO2.C4H9NO3.C3H7NO2.C2H5NO2/c10-8(9(11)12)6-7-4-2-1-3-5-7;1-4(2)3-5(7)6(8)9;1-3-4(2)5(7)6(8)9;7-5(8)4-2-1-3-6-4;1-3(2)4(6)5(7)8;1-2(6)3(5)4(7)8;1-2(4)3(5)6;3-1-2(4)5/h1-5,8H,6,10H2,(H,11,12);2*4-5H,3,7H2,1-2H3,(H,8,9);4,6H,1-3H2,(H,7,8);3-4H,6H2,1-2H3,(H,7,8);2-3,6H,5H2,1H3,(H,7,8);2H,4H2,1H3,(H,5,6);1,3H2,(H,4,5)/p+2. The highest BCUT2D eigenvalue weighted by Crippen LogP contribution is 2.02. The van der Waals surface area contributed by atoms with Crippen LogP contribution >= 0.6 is 0 Å². The number of carboxylic acids is 8. The van der Waals surface area contributed by atoms with Crippen LogP contribution in [0.25, 0.3) is 0 Å². The topological polar surface area (TPSA) is 546 Å². The van der Waals surface area contributed by atoms with Crippen molar-refractivity contribution < 1.29 is 130 Å². The minimum atomic E-state index is -1.32. The second-order valence-electron chi connectivity index (χ2n) is 15.5. The van der Waals surface area contributed by atoms with Gasteiger partial charge in [0.2, 0.25) is 0 Å². The lowest BCUT2D eigenvalue weighted by atomic mass is 10.0. The van der Waals surface area contributed by atoms with Crippen molar-refractivity contribution in [2.45, 2.75) is 136 Å². The van der Waals surface area contributed by atoms with E-state index in [-0.39, 0.29) is 24.4 Å². The van der Waals surface area contributed by atoms with E-state index in [1.807, 2.05) is 63.3 Å². The second kappa shape index (κ2) is 42.6. The molecule has 0 bridgehead atoms. The number of benzene rings is 1. The largest absolute Gasteiger partial charge is 0.544 e. The van der Waals surface area contributed by atoms with Crippen molar-refractivity contribution in [2.75, 3.05) is 13.1 Å². The molecule has 1 heterocycles. The van der Waals surface area contributed by atoms with Gasteiger partial charge in [-0.05, 0) is 31.7 Å². The Balaban J connectivity index is -0.000000155. The highest BCUT2D eigenvalue weighted by Gasteiger charge is 2.18. The van der Waals surface area contributed by atoms with Crippen molar-refractivity contribution in [3.8, 4) is 0 Å². The highest BCUT2D eigenvalue weighted by molar-refractivity contribution is 5.71. The molecule has 0 amide bonds. The molecule has 26 N–H and O–H groups in total. The molecule has 9 atom stereocenters. The van der Waals surface area contributed by atoms with Gasteiger partial charge in [-0.1, -0.05) is 71.9 Å². The van der Waals surface area contributed by atoms with E-state index < -0.39 is 90.1 Å². The predicted octanol–water partition coefficient (Wildman–Crippen LogP) is -15.4. The number of hydrogen-bond acceptors (Lipinski definition) is 15. The van der Waals surface area contributed by atoms with E-state index in [4.69, 9.17) is 15.3 Å². The van der Waals surface area contributed by atoms with Gasteiger partial charge < -0.3 is 120 Å². The maximum atomic E-state index is 10.3. The lowest BCUT2D eigenvalue weighted by molar-refractivity contribution is -0.664. The summed E-state index contributed by atoms with van der Waals surface area (Å²) in [5, 5.41) is 86.3. The van der Waals surface area contributed by atoms with Crippen LogP contribution < -0.4 is 76.1 Å². The van der Waals surface area contributed by atoms with Crippen LogP contribution in [0, 0.1) is 17.8 Å². The first-order valence-corrected chi connectivity index (χ1v) is 20.7. The molecule has 2 rings (SSSR count). The molecular formula is C40H80N8O17+2. The van der Waals surface area contributed by atoms with E-state index in [0.717, 1.165) is 31.4 Å². The summed E-state index contributed by atoms with van der Waals surface area (Å²) in [6, 6.07) is 5.29. The smallest absolute Gasteiger partial charge is 0.362 e. The second-order valence-corrected chi connectivity index (χ2v) is 15.5. The molecule has 0 aromatic heterocycles. The Kier molecular flexibility index (Phi) is 46.7. The van der Waals surface area contributed by atoms with Crippen molar-refractivity contribution in [2.24, 2.45) is 17.8 Å². The molecule has 1 aliphatic heterocycles. The van der Waals surface area contributed by atoms with E-state index in [2.05, 4.69) is 40.1 Å². The van der Waals surface area contributed by atoms with Gasteiger partial charge in [-0.2, -0.15) is 0 Å². The van der Waals surface area contributed by atoms with Gasteiger partial charge >= 0.3 is 11.9 Å². The van der Waals surface area contributed by atoms with Crippen LogP contribution in [0.4, 0.5) is 0 Å². The molecule has 65 heavy (non-hydrogen) atoms. The third kappa shape index (κ3) is 49.5. The van der Waals surface area contributed by atoms with Crippen LogP contribution in [0.1, 0.15) is 86.6 Å². The third-order valence-electron chi connectivity index (χ3n) is 8.48. The molecule has 0 aliphatic carbocycles. The number of carbonyl (C=O) groups is 8. The summed E-state index contributed by atoms with van der Waals surface area (Å²) in [7, 11) is 0. The number of rotatable bonds is 16. The number of hydrogen-bond donors (Lipinski definition) is 11. The molecule has 9 unspecified atom stereocenters. The molecule has 1 aliphatic rings. The number of aliphatic carboxylic acids is 8. The molecular weight excluding hydrogens is 864 g/mol. The molecule has 0 radical (unpaired) electrons. The van der Waals surface area contributed by atoms with Gasteiger partial charge in [0.05, 0.1) is 36.4 Å². The van der Waals surface area contributed by atoms with E-state index in [1.165, 1.54) is 13.8 Å². The SMILES string of the molecule is CC(C)C([NH3+])C(=O)[O-].CC(C)CC([NH3+])C(=O)[O-].CC(O)C([NH3+])C(=O)[O-].CC([NH3+])C(=O)O.CCC(C)C([NH3+])C(=O)[O-].O=C([O-])C1CCC[NH2+]1.[NH3+]C(Cc1ccccc1)C(=O)[O-].[NH3+]CC(=O)O. The number of aliphatic hydroxyl groups is 1. The molecule has 25 nitrogen and oxygen atoms in total. The van der Waals surface area contributed by atoms with Crippen molar-refractivity contribution in [1.82, 2.24) is 0 Å². The van der Waals surface area contributed by atoms with E-state index in [1.54, 1.807) is 13.8 Å². The Labute approximate surface area is 379 Å². The monoisotopic (exact) mass is 945 g/mol. The van der Waals surface area contributed by atoms with Crippen molar-refractivity contribution in [3.63, 3.8) is 0 Å². The van der Waals surface area contributed by atoms with Crippen LogP contribution in [0.2, 0.25) is 0 Å². The molecule has 0 spiro atoms. The zero-order valence-corrected chi connectivity index (χ0v) is 39.3. The zero-order valence-electron chi connectivity index (χ0n) is 39.3. The Morgan fingerprint density at radius 1 is 0.677 bits per heavy atom. The van der Waals surface area contributed by atoms with E-state index in [0.29, 0.717) is 18.8 Å². The summed E-state index contributed by atoms with van der Waals surface area (Å²) < 4.78 is 0. The van der Waals surface area contributed by atoms with Gasteiger partial charge in [0.25, 0.3) is 0 Å². The van der Waals surface area contributed by atoms with Crippen LogP contribution in [0.15, 0.2) is 30.3 Å². The van der Waals surface area contributed by atoms with E-state index in [9.17, 15) is 69.0 Å². The summed E-state index contributed by atoms with van der Waals surface area (Å²) in [4.78, 5) is 79.3. The Hall–Kier alpha value is -5.38. The van der Waals surface area contributed by atoms with E-state index >= 15 is 0 Å². The lowest BCUT2D eigenvalue weighted by Crippen LogP contribution is -2.89.